The highest BCUT2D eigenvalue weighted by molar-refractivity contribution is 5.09. The summed E-state index contributed by atoms with van der Waals surface area (Å²) >= 11 is 0. The Morgan fingerprint density at radius 3 is 2.94 bits per heavy atom. The molecule has 5 nitrogen and oxygen atoms in total. The molecule has 0 amide bonds. The Kier molecular flexibility index (Phi) is 3.82. The normalized spacial score (nSPS) is 12.6. The van der Waals surface area contributed by atoms with Gasteiger partial charge in [-0.3, -0.25) is 4.98 Å². The van der Waals surface area contributed by atoms with Gasteiger partial charge in [0.05, 0.1) is 12.5 Å². The van der Waals surface area contributed by atoms with Crippen molar-refractivity contribution in [3.63, 3.8) is 0 Å². The molecule has 90 valence electrons. The van der Waals surface area contributed by atoms with Gasteiger partial charge in [0.15, 0.2) is 5.82 Å². The zero-order chi connectivity index (χ0) is 12.1. The van der Waals surface area contributed by atoms with Crippen LogP contribution in [0.1, 0.15) is 36.8 Å². The number of aromatic nitrogens is 3. The van der Waals surface area contributed by atoms with Crippen molar-refractivity contribution in [2.45, 2.75) is 25.8 Å². The monoisotopic (exact) mass is 232 g/mol. The van der Waals surface area contributed by atoms with Crippen LogP contribution in [0.4, 0.5) is 0 Å². The summed E-state index contributed by atoms with van der Waals surface area (Å²) in [6, 6.07) is 5.91. The lowest BCUT2D eigenvalue weighted by Crippen LogP contribution is -2.15. The van der Waals surface area contributed by atoms with Gasteiger partial charge in [0, 0.05) is 11.9 Å². The van der Waals surface area contributed by atoms with Gasteiger partial charge in [0.2, 0.25) is 5.89 Å². The van der Waals surface area contributed by atoms with Crippen LogP contribution < -0.4 is 5.32 Å². The molecule has 0 aliphatic rings. The molecular weight excluding hydrogens is 216 g/mol. The van der Waals surface area contributed by atoms with E-state index in [4.69, 9.17) is 4.52 Å². The van der Waals surface area contributed by atoms with Gasteiger partial charge in [-0.15, -0.1) is 0 Å². The van der Waals surface area contributed by atoms with Crippen LogP contribution in [0.25, 0.3) is 0 Å². The third-order valence-corrected chi connectivity index (χ3v) is 2.60. The molecule has 17 heavy (non-hydrogen) atoms. The van der Waals surface area contributed by atoms with Crippen LogP contribution in [0.2, 0.25) is 0 Å². The zero-order valence-corrected chi connectivity index (χ0v) is 10.1. The average molecular weight is 232 g/mol. The summed E-state index contributed by atoms with van der Waals surface area (Å²) in [5.74, 6) is 1.31. The summed E-state index contributed by atoms with van der Waals surface area (Å²) < 4.78 is 5.23. The third kappa shape index (κ3) is 2.88. The van der Waals surface area contributed by atoms with E-state index in [0.29, 0.717) is 18.1 Å². The summed E-state index contributed by atoms with van der Waals surface area (Å²) in [7, 11) is 1.89. The van der Waals surface area contributed by atoms with E-state index in [-0.39, 0.29) is 6.04 Å². The maximum atomic E-state index is 5.23. The maximum absolute atomic E-state index is 5.23. The van der Waals surface area contributed by atoms with E-state index in [1.165, 1.54) is 0 Å². The predicted molar refractivity (Wildman–Crippen MR) is 63.4 cm³/mol. The van der Waals surface area contributed by atoms with Crippen LogP contribution >= 0.6 is 0 Å². The third-order valence-electron chi connectivity index (χ3n) is 2.60. The summed E-state index contributed by atoms with van der Waals surface area (Å²) in [6.45, 7) is 2.07. The standard InChI is InChI=1S/C12H16N4O/c1-3-10(13-2)12-15-11(16-17-12)8-9-6-4-5-7-14-9/h4-7,10,13H,3,8H2,1-2H3. The van der Waals surface area contributed by atoms with Gasteiger partial charge in [-0.1, -0.05) is 18.1 Å². The van der Waals surface area contributed by atoms with Crippen LogP contribution in [0, 0.1) is 0 Å². The van der Waals surface area contributed by atoms with Crippen molar-refractivity contribution in [2.75, 3.05) is 7.05 Å². The van der Waals surface area contributed by atoms with Crippen LogP contribution in [-0.4, -0.2) is 22.2 Å². The van der Waals surface area contributed by atoms with Crippen molar-refractivity contribution < 1.29 is 4.52 Å². The smallest absolute Gasteiger partial charge is 0.243 e. The molecule has 0 fully saturated rings. The minimum Gasteiger partial charge on any atom is -0.338 e. The molecule has 1 N–H and O–H groups in total. The molecule has 1 atom stereocenters. The highest BCUT2D eigenvalue weighted by Crippen LogP contribution is 2.14. The van der Waals surface area contributed by atoms with Gasteiger partial charge in [0.25, 0.3) is 0 Å². The molecule has 5 heteroatoms. The number of hydrogen-bond acceptors (Lipinski definition) is 5. The van der Waals surface area contributed by atoms with E-state index in [1.807, 2.05) is 25.2 Å². The van der Waals surface area contributed by atoms with E-state index >= 15 is 0 Å². The molecule has 2 rings (SSSR count). The molecule has 0 bridgehead atoms. The lowest BCUT2D eigenvalue weighted by atomic mass is 10.2. The summed E-state index contributed by atoms with van der Waals surface area (Å²) in [4.78, 5) is 8.60. The summed E-state index contributed by atoms with van der Waals surface area (Å²) in [5, 5.41) is 7.10. The second-order valence-electron chi connectivity index (χ2n) is 3.80. The molecule has 0 aliphatic carbocycles. The van der Waals surface area contributed by atoms with Gasteiger partial charge in [-0.05, 0) is 25.6 Å². The van der Waals surface area contributed by atoms with Crippen molar-refractivity contribution in [1.29, 1.82) is 0 Å². The molecule has 2 aromatic rings. The second-order valence-corrected chi connectivity index (χ2v) is 3.80. The molecule has 0 radical (unpaired) electrons. The Morgan fingerprint density at radius 2 is 2.29 bits per heavy atom. The highest BCUT2D eigenvalue weighted by Gasteiger charge is 2.15. The molecule has 0 spiro atoms. The molecular formula is C12H16N4O. The molecule has 0 aliphatic heterocycles. The number of pyridine rings is 1. The Morgan fingerprint density at radius 1 is 1.41 bits per heavy atom. The van der Waals surface area contributed by atoms with Crippen LogP contribution in [0.5, 0.6) is 0 Å². The SMILES string of the molecule is CCC(NC)c1nc(Cc2ccccn2)no1. The second kappa shape index (κ2) is 5.54. The lowest BCUT2D eigenvalue weighted by Gasteiger charge is -2.06. The minimum absolute atomic E-state index is 0.125. The Hall–Kier alpha value is -1.75. The highest BCUT2D eigenvalue weighted by atomic mass is 16.5. The number of nitrogens with zero attached hydrogens (tertiary/aromatic N) is 3. The first-order valence-electron chi connectivity index (χ1n) is 5.73. The van der Waals surface area contributed by atoms with Gasteiger partial charge in [-0.25, -0.2) is 0 Å². The molecule has 0 saturated heterocycles. The largest absolute Gasteiger partial charge is 0.338 e. The topological polar surface area (TPSA) is 63.8 Å². The Labute approximate surface area is 100 Å². The van der Waals surface area contributed by atoms with Crippen molar-refractivity contribution in [2.24, 2.45) is 0 Å². The van der Waals surface area contributed by atoms with Crippen LogP contribution in [0.3, 0.4) is 0 Å². The Balaban J connectivity index is 2.08. The summed E-state index contributed by atoms with van der Waals surface area (Å²) in [6.07, 6.45) is 3.28. The van der Waals surface area contributed by atoms with Crippen molar-refractivity contribution in [1.82, 2.24) is 20.4 Å². The van der Waals surface area contributed by atoms with Crippen molar-refractivity contribution >= 4 is 0 Å². The fraction of sp³-hybridized carbons (Fsp3) is 0.417. The summed E-state index contributed by atoms with van der Waals surface area (Å²) in [5.41, 5.74) is 0.942. The van der Waals surface area contributed by atoms with Crippen molar-refractivity contribution in [3.05, 3.63) is 41.8 Å². The quantitative estimate of drug-likeness (QED) is 0.850. The average Bonchev–Trinajstić information content (AvgIpc) is 2.81. The molecule has 2 heterocycles. The Bertz CT molecular complexity index is 451. The van der Waals surface area contributed by atoms with Crippen LogP contribution in [0.15, 0.2) is 28.9 Å². The molecule has 0 saturated carbocycles. The zero-order valence-electron chi connectivity index (χ0n) is 10.1. The minimum atomic E-state index is 0.125. The maximum Gasteiger partial charge on any atom is 0.243 e. The number of nitrogens with one attached hydrogen (secondary N) is 1. The first-order chi connectivity index (χ1) is 8.33. The first-order valence-corrected chi connectivity index (χ1v) is 5.73. The fourth-order valence-corrected chi connectivity index (χ4v) is 1.65. The fourth-order valence-electron chi connectivity index (χ4n) is 1.65. The molecule has 1 unspecified atom stereocenters. The van der Waals surface area contributed by atoms with Gasteiger partial charge >= 0.3 is 0 Å². The van der Waals surface area contributed by atoms with E-state index in [1.54, 1.807) is 6.20 Å². The van der Waals surface area contributed by atoms with Gasteiger partial charge < -0.3 is 9.84 Å². The lowest BCUT2D eigenvalue weighted by molar-refractivity contribution is 0.331. The van der Waals surface area contributed by atoms with E-state index in [9.17, 15) is 0 Å². The number of rotatable bonds is 5. The first kappa shape index (κ1) is 11.7. The van der Waals surface area contributed by atoms with Crippen molar-refractivity contribution in [3.8, 4) is 0 Å². The van der Waals surface area contributed by atoms with Gasteiger partial charge in [0.1, 0.15) is 0 Å². The number of hydrogen-bond donors (Lipinski definition) is 1. The molecule has 2 aromatic heterocycles. The van der Waals surface area contributed by atoms with Gasteiger partial charge in [-0.2, -0.15) is 4.98 Å². The van der Waals surface area contributed by atoms with Crippen LogP contribution in [-0.2, 0) is 6.42 Å². The van der Waals surface area contributed by atoms with E-state index in [0.717, 1.165) is 12.1 Å². The molecule has 0 aromatic carbocycles. The predicted octanol–water partition coefficient (Wildman–Crippen LogP) is 1.73. The van der Waals surface area contributed by atoms with E-state index < -0.39 is 0 Å². The van der Waals surface area contributed by atoms with E-state index in [2.05, 4.69) is 27.4 Å².